The van der Waals surface area contributed by atoms with E-state index in [0.29, 0.717) is 28.1 Å². The molecule has 0 saturated heterocycles. The maximum atomic E-state index is 12.3. The maximum Gasteiger partial charge on any atom is 0.239 e. The molecule has 0 unspecified atom stereocenters. The Balaban J connectivity index is 1.71. The molecule has 23 heavy (non-hydrogen) atoms. The van der Waals surface area contributed by atoms with Gasteiger partial charge in [-0.15, -0.1) is 0 Å². The zero-order chi connectivity index (χ0) is 16.2. The largest absolute Gasteiger partial charge is 0.338 e. The van der Waals surface area contributed by atoms with E-state index in [2.05, 4.69) is 10.1 Å². The number of aryl methyl sites for hydroxylation is 1. The highest BCUT2D eigenvalue weighted by molar-refractivity contribution is 7.83. The molecule has 0 spiro atoms. The lowest BCUT2D eigenvalue weighted by atomic mass is 10.1. The molecule has 3 rings (SSSR count). The lowest BCUT2D eigenvalue weighted by Crippen LogP contribution is -2.01. The standard InChI is InChI=1S/C17H15ClN2O2S/c1-12-6-2-3-7-13(12)10-23(21)11-16-19-17(20-22-16)14-8-4-5-9-15(14)18/h2-9H,10-11H2,1H3/t23-/m1/s1. The topological polar surface area (TPSA) is 56.0 Å². The van der Waals surface area contributed by atoms with Crippen molar-refractivity contribution in [3.63, 3.8) is 0 Å². The molecule has 0 N–H and O–H groups in total. The van der Waals surface area contributed by atoms with Crippen molar-refractivity contribution in [3.8, 4) is 11.4 Å². The molecule has 4 nitrogen and oxygen atoms in total. The van der Waals surface area contributed by atoms with Gasteiger partial charge in [-0.05, 0) is 30.2 Å². The van der Waals surface area contributed by atoms with Crippen LogP contribution in [0.25, 0.3) is 11.4 Å². The van der Waals surface area contributed by atoms with Crippen molar-refractivity contribution in [1.82, 2.24) is 10.1 Å². The maximum absolute atomic E-state index is 12.3. The minimum atomic E-state index is -1.11. The van der Waals surface area contributed by atoms with Gasteiger partial charge < -0.3 is 4.52 Å². The van der Waals surface area contributed by atoms with E-state index in [4.69, 9.17) is 16.1 Å². The van der Waals surface area contributed by atoms with Crippen LogP contribution in [-0.2, 0) is 22.3 Å². The van der Waals surface area contributed by atoms with E-state index in [1.54, 1.807) is 6.07 Å². The van der Waals surface area contributed by atoms with Gasteiger partial charge in [-0.3, -0.25) is 4.21 Å². The fraction of sp³-hybridized carbons (Fsp3) is 0.176. The number of nitrogens with zero attached hydrogens (tertiary/aromatic N) is 2. The summed E-state index contributed by atoms with van der Waals surface area (Å²) in [6.07, 6.45) is 0. The normalized spacial score (nSPS) is 12.3. The first kappa shape index (κ1) is 15.9. The summed E-state index contributed by atoms with van der Waals surface area (Å²) in [6, 6.07) is 15.2. The highest BCUT2D eigenvalue weighted by Crippen LogP contribution is 2.25. The highest BCUT2D eigenvalue weighted by Gasteiger charge is 2.14. The van der Waals surface area contributed by atoms with E-state index in [-0.39, 0.29) is 5.75 Å². The van der Waals surface area contributed by atoms with Gasteiger partial charge in [0.25, 0.3) is 0 Å². The summed E-state index contributed by atoms with van der Waals surface area (Å²) in [5, 5.41) is 4.48. The monoisotopic (exact) mass is 346 g/mol. The lowest BCUT2D eigenvalue weighted by Gasteiger charge is -2.03. The number of rotatable bonds is 5. The van der Waals surface area contributed by atoms with Gasteiger partial charge in [0.05, 0.1) is 5.02 Å². The summed E-state index contributed by atoms with van der Waals surface area (Å²) in [4.78, 5) is 4.29. The van der Waals surface area contributed by atoms with Gasteiger partial charge in [-0.2, -0.15) is 4.98 Å². The van der Waals surface area contributed by atoms with Crippen LogP contribution in [0.5, 0.6) is 0 Å². The summed E-state index contributed by atoms with van der Waals surface area (Å²) in [6.45, 7) is 2.01. The molecule has 0 aliphatic heterocycles. The van der Waals surface area contributed by atoms with Gasteiger partial charge in [0.1, 0.15) is 5.75 Å². The van der Waals surface area contributed by atoms with E-state index >= 15 is 0 Å². The quantitative estimate of drug-likeness (QED) is 0.696. The minimum absolute atomic E-state index is 0.228. The third-order valence-electron chi connectivity index (χ3n) is 3.45. The first-order valence-corrected chi connectivity index (χ1v) is 8.97. The van der Waals surface area contributed by atoms with Crippen LogP contribution in [0.15, 0.2) is 53.1 Å². The molecule has 6 heteroatoms. The molecule has 2 aromatic carbocycles. The van der Waals surface area contributed by atoms with Gasteiger partial charge in [0.15, 0.2) is 0 Å². The zero-order valence-corrected chi connectivity index (χ0v) is 14.1. The van der Waals surface area contributed by atoms with Crippen LogP contribution in [0.4, 0.5) is 0 Å². The van der Waals surface area contributed by atoms with Crippen molar-refractivity contribution < 1.29 is 8.73 Å². The number of halogens is 1. The summed E-state index contributed by atoms with van der Waals surface area (Å²) in [5.74, 6) is 1.47. The number of hydrogen-bond acceptors (Lipinski definition) is 4. The van der Waals surface area contributed by atoms with Gasteiger partial charge in [0.2, 0.25) is 11.7 Å². The van der Waals surface area contributed by atoms with Crippen LogP contribution < -0.4 is 0 Å². The smallest absolute Gasteiger partial charge is 0.239 e. The zero-order valence-electron chi connectivity index (χ0n) is 12.5. The van der Waals surface area contributed by atoms with Crippen molar-refractivity contribution in [1.29, 1.82) is 0 Å². The summed E-state index contributed by atoms with van der Waals surface area (Å²) in [7, 11) is -1.11. The minimum Gasteiger partial charge on any atom is -0.338 e. The van der Waals surface area contributed by atoms with E-state index in [0.717, 1.165) is 11.1 Å². The fourth-order valence-electron chi connectivity index (χ4n) is 2.20. The van der Waals surface area contributed by atoms with Crippen LogP contribution in [-0.4, -0.2) is 14.3 Å². The van der Waals surface area contributed by atoms with Crippen LogP contribution >= 0.6 is 11.6 Å². The summed E-state index contributed by atoms with van der Waals surface area (Å²) < 4.78 is 17.5. The average Bonchev–Trinajstić information content (AvgIpc) is 2.98. The SMILES string of the molecule is Cc1ccccc1C[S@@](=O)Cc1nc(-c2ccccc2Cl)no1. The number of aromatic nitrogens is 2. The third-order valence-corrected chi connectivity index (χ3v) is 4.98. The van der Waals surface area contributed by atoms with E-state index in [9.17, 15) is 4.21 Å². The fourth-order valence-corrected chi connectivity index (χ4v) is 3.59. The van der Waals surface area contributed by atoms with Crippen LogP contribution in [0, 0.1) is 6.92 Å². The Bertz CT molecular complexity index is 848. The molecule has 1 atom stereocenters. The van der Waals surface area contributed by atoms with Crippen LogP contribution in [0.3, 0.4) is 0 Å². The summed E-state index contributed by atoms with van der Waals surface area (Å²) in [5.41, 5.74) is 2.90. The molecule has 0 aliphatic rings. The van der Waals surface area contributed by atoms with Crippen molar-refractivity contribution in [2.24, 2.45) is 0 Å². The molecule has 3 aromatic rings. The molecule has 0 saturated carbocycles. The Labute approximate surface area is 142 Å². The van der Waals surface area contributed by atoms with Gasteiger partial charge in [-0.1, -0.05) is 53.2 Å². The second-order valence-electron chi connectivity index (χ2n) is 5.15. The van der Waals surface area contributed by atoms with Crippen LogP contribution in [0.2, 0.25) is 5.02 Å². The predicted octanol–water partition coefficient (Wildman–Crippen LogP) is 4.15. The molecular formula is C17H15ClN2O2S. The predicted molar refractivity (Wildman–Crippen MR) is 91.5 cm³/mol. The van der Waals surface area contributed by atoms with Crippen LogP contribution in [0.1, 0.15) is 17.0 Å². The van der Waals surface area contributed by atoms with Crippen molar-refractivity contribution in [2.75, 3.05) is 0 Å². The highest BCUT2D eigenvalue weighted by atomic mass is 35.5. The lowest BCUT2D eigenvalue weighted by molar-refractivity contribution is 0.390. The molecule has 0 amide bonds. The van der Waals surface area contributed by atoms with Gasteiger partial charge in [-0.25, -0.2) is 0 Å². The molecule has 1 heterocycles. The van der Waals surface area contributed by atoms with Crippen molar-refractivity contribution in [2.45, 2.75) is 18.4 Å². The molecule has 118 valence electrons. The van der Waals surface area contributed by atoms with Gasteiger partial charge >= 0.3 is 0 Å². The second kappa shape index (κ2) is 7.06. The Morgan fingerprint density at radius 3 is 2.61 bits per heavy atom. The van der Waals surface area contributed by atoms with Gasteiger partial charge in [0, 0.05) is 22.1 Å². The van der Waals surface area contributed by atoms with Crippen molar-refractivity contribution in [3.05, 3.63) is 70.6 Å². The molecule has 0 aliphatic carbocycles. The molecule has 0 radical (unpaired) electrons. The van der Waals surface area contributed by atoms with E-state index in [1.165, 1.54) is 0 Å². The van der Waals surface area contributed by atoms with E-state index in [1.807, 2.05) is 49.4 Å². The second-order valence-corrected chi connectivity index (χ2v) is 7.01. The Kier molecular flexibility index (Phi) is 4.88. The molecule has 0 fully saturated rings. The first-order chi connectivity index (χ1) is 11.1. The Hall–Kier alpha value is -1.98. The number of hydrogen-bond donors (Lipinski definition) is 0. The molecule has 1 aromatic heterocycles. The first-order valence-electron chi connectivity index (χ1n) is 7.10. The summed E-state index contributed by atoms with van der Waals surface area (Å²) >= 11 is 6.12. The number of benzene rings is 2. The third kappa shape index (κ3) is 3.86. The molecule has 0 bridgehead atoms. The Morgan fingerprint density at radius 1 is 1.09 bits per heavy atom. The Morgan fingerprint density at radius 2 is 1.83 bits per heavy atom. The van der Waals surface area contributed by atoms with E-state index < -0.39 is 10.8 Å². The van der Waals surface area contributed by atoms with Crippen molar-refractivity contribution >= 4 is 22.4 Å². The average molecular weight is 347 g/mol. The molecular weight excluding hydrogens is 332 g/mol.